The van der Waals surface area contributed by atoms with Gasteiger partial charge in [0.1, 0.15) is 24.6 Å². The van der Waals surface area contributed by atoms with Crippen LogP contribution in [0.5, 0.6) is 11.6 Å². The molecular formula is C29H26N4O3. The number of imidazole rings is 1. The zero-order chi connectivity index (χ0) is 24.7. The van der Waals surface area contributed by atoms with Gasteiger partial charge < -0.3 is 19.2 Å². The first-order valence-electron chi connectivity index (χ1n) is 11.7. The van der Waals surface area contributed by atoms with Crippen molar-refractivity contribution in [1.82, 2.24) is 19.7 Å². The van der Waals surface area contributed by atoms with Crippen molar-refractivity contribution in [2.24, 2.45) is 0 Å². The monoisotopic (exact) mass is 478 g/mol. The van der Waals surface area contributed by atoms with E-state index in [0.717, 1.165) is 28.0 Å². The summed E-state index contributed by atoms with van der Waals surface area (Å²) in [7, 11) is 0. The third kappa shape index (κ3) is 5.52. The molecule has 7 nitrogen and oxygen atoms in total. The Hall–Kier alpha value is -4.65. The van der Waals surface area contributed by atoms with Gasteiger partial charge in [0.2, 0.25) is 5.88 Å². The van der Waals surface area contributed by atoms with Crippen LogP contribution in [0.2, 0.25) is 0 Å². The molecule has 0 aliphatic rings. The Balaban J connectivity index is 1.20. The Morgan fingerprint density at radius 3 is 2.61 bits per heavy atom. The number of nitrogens with zero attached hydrogens (tertiary/aromatic N) is 3. The number of rotatable bonds is 9. The summed E-state index contributed by atoms with van der Waals surface area (Å²) in [5.41, 5.74) is 5.19. The summed E-state index contributed by atoms with van der Waals surface area (Å²) in [5, 5.41) is 2.96. The molecule has 0 unspecified atom stereocenters. The lowest BCUT2D eigenvalue weighted by Crippen LogP contribution is -2.23. The van der Waals surface area contributed by atoms with Gasteiger partial charge in [-0.15, -0.1) is 0 Å². The number of aromatic nitrogens is 3. The Labute approximate surface area is 209 Å². The lowest BCUT2D eigenvalue weighted by atomic mass is 10.1. The molecule has 0 spiro atoms. The lowest BCUT2D eigenvalue weighted by molar-refractivity contribution is 0.0946. The first-order valence-corrected chi connectivity index (χ1v) is 11.7. The molecule has 0 saturated carbocycles. The standard InChI is InChI=1S/C29H26N4O3/c1-21-8-7-15-33-18-24(32-28(21)33)20-35-26-12-6-5-11-25(26)29(34)31-17-23-13-14-30-27(16-23)36-19-22-9-3-2-4-10-22/h2-16,18H,17,19-20H2,1H3,(H,31,34). The fraction of sp³-hybridized carbons (Fsp3) is 0.138. The highest BCUT2D eigenvalue weighted by atomic mass is 16.5. The maximum atomic E-state index is 13.0. The number of para-hydroxylation sites is 1. The average molecular weight is 479 g/mol. The van der Waals surface area contributed by atoms with Gasteiger partial charge in [0, 0.05) is 31.2 Å². The fourth-order valence-corrected chi connectivity index (χ4v) is 3.85. The predicted molar refractivity (Wildman–Crippen MR) is 137 cm³/mol. The molecule has 5 aromatic rings. The number of hydrogen-bond acceptors (Lipinski definition) is 5. The van der Waals surface area contributed by atoms with Crippen molar-refractivity contribution in [2.45, 2.75) is 26.7 Å². The van der Waals surface area contributed by atoms with Crippen LogP contribution in [0.3, 0.4) is 0 Å². The smallest absolute Gasteiger partial charge is 0.255 e. The van der Waals surface area contributed by atoms with E-state index in [1.807, 2.05) is 90.4 Å². The Morgan fingerprint density at radius 2 is 1.75 bits per heavy atom. The van der Waals surface area contributed by atoms with Crippen LogP contribution < -0.4 is 14.8 Å². The number of pyridine rings is 2. The summed E-state index contributed by atoms with van der Waals surface area (Å²) >= 11 is 0. The highest BCUT2D eigenvalue weighted by Crippen LogP contribution is 2.20. The highest BCUT2D eigenvalue weighted by molar-refractivity contribution is 5.96. The first-order chi connectivity index (χ1) is 17.7. The molecule has 0 saturated heterocycles. The quantitative estimate of drug-likeness (QED) is 0.318. The number of fused-ring (bicyclic) bond motifs is 1. The van der Waals surface area contributed by atoms with Gasteiger partial charge in [0.15, 0.2) is 0 Å². The van der Waals surface area contributed by atoms with Gasteiger partial charge in [-0.1, -0.05) is 48.5 Å². The molecule has 0 aliphatic carbocycles. The van der Waals surface area contributed by atoms with E-state index in [1.165, 1.54) is 0 Å². The number of hydrogen-bond donors (Lipinski definition) is 1. The first kappa shape index (κ1) is 23.1. The average Bonchev–Trinajstić information content (AvgIpc) is 3.35. The molecule has 0 fully saturated rings. The molecule has 5 rings (SSSR count). The van der Waals surface area contributed by atoms with E-state index < -0.39 is 0 Å². The van der Waals surface area contributed by atoms with Crippen molar-refractivity contribution in [2.75, 3.05) is 0 Å². The summed E-state index contributed by atoms with van der Waals surface area (Å²) in [4.78, 5) is 21.9. The fourth-order valence-electron chi connectivity index (χ4n) is 3.85. The van der Waals surface area contributed by atoms with Crippen LogP contribution in [0.1, 0.15) is 32.7 Å². The SMILES string of the molecule is Cc1cccn2cc(COc3ccccc3C(=O)NCc3ccnc(OCc4ccccc4)c3)nc12. The topological polar surface area (TPSA) is 77.8 Å². The van der Waals surface area contributed by atoms with Gasteiger partial charge >= 0.3 is 0 Å². The van der Waals surface area contributed by atoms with Crippen molar-refractivity contribution >= 4 is 11.6 Å². The van der Waals surface area contributed by atoms with Crippen molar-refractivity contribution in [3.8, 4) is 11.6 Å². The zero-order valence-corrected chi connectivity index (χ0v) is 19.9. The van der Waals surface area contributed by atoms with Crippen molar-refractivity contribution < 1.29 is 14.3 Å². The number of carbonyl (C=O) groups is 1. The Bertz CT molecular complexity index is 1480. The molecule has 0 bridgehead atoms. The van der Waals surface area contributed by atoms with Gasteiger partial charge in [-0.05, 0) is 47.9 Å². The summed E-state index contributed by atoms with van der Waals surface area (Å²) < 4.78 is 13.8. The molecule has 0 atom stereocenters. The summed E-state index contributed by atoms with van der Waals surface area (Å²) in [5.74, 6) is 0.794. The number of carbonyl (C=O) groups excluding carboxylic acids is 1. The van der Waals surface area contributed by atoms with E-state index in [-0.39, 0.29) is 12.5 Å². The molecule has 180 valence electrons. The van der Waals surface area contributed by atoms with E-state index in [0.29, 0.717) is 30.3 Å². The van der Waals surface area contributed by atoms with Crippen molar-refractivity contribution in [3.63, 3.8) is 0 Å². The van der Waals surface area contributed by atoms with E-state index in [1.54, 1.807) is 18.3 Å². The number of amides is 1. The molecule has 1 N–H and O–H groups in total. The van der Waals surface area contributed by atoms with Crippen LogP contribution in [0.4, 0.5) is 0 Å². The van der Waals surface area contributed by atoms with Gasteiger partial charge in [0.05, 0.1) is 11.3 Å². The number of ether oxygens (including phenoxy) is 2. The van der Waals surface area contributed by atoms with Gasteiger partial charge in [-0.2, -0.15) is 0 Å². The highest BCUT2D eigenvalue weighted by Gasteiger charge is 2.13. The largest absolute Gasteiger partial charge is 0.486 e. The number of nitrogens with one attached hydrogen (secondary N) is 1. The van der Waals surface area contributed by atoms with Crippen LogP contribution in [0.15, 0.2) is 97.5 Å². The molecule has 0 aliphatic heterocycles. The zero-order valence-electron chi connectivity index (χ0n) is 19.9. The summed E-state index contributed by atoms with van der Waals surface area (Å²) in [6, 6.07) is 24.8. The van der Waals surface area contributed by atoms with Crippen molar-refractivity contribution in [3.05, 3.63) is 125 Å². The number of benzene rings is 2. The van der Waals surface area contributed by atoms with Crippen LogP contribution in [-0.2, 0) is 19.8 Å². The minimum Gasteiger partial charge on any atom is -0.486 e. The maximum absolute atomic E-state index is 13.0. The molecule has 36 heavy (non-hydrogen) atoms. The molecule has 2 aromatic carbocycles. The minimum absolute atomic E-state index is 0.222. The van der Waals surface area contributed by atoms with Gasteiger partial charge in [-0.25, -0.2) is 9.97 Å². The molecule has 0 radical (unpaired) electrons. The van der Waals surface area contributed by atoms with Crippen LogP contribution >= 0.6 is 0 Å². The van der Waals surface area contributed by atoms with Gasteiger partial charge in [0.25, 0.3) is 5.91 Å². The number of aryl methyl sites for hydroxylation is 1. The third-order valence-corrected chi connectivity index (χ3v) is 5.72. The molecule has 7 heteroatoms. The molecule has 3 aromatic heterocycles. The van der Waals surface area contributed by atoms with Gasteiger partial charge in [-0.3, -0.25) is 4.79 Å². The molecular weight excluding hydrogens is 452 g/mol. The normalized spacial score (nSPS) is 10.8. The summed E-state index contributed by atoms with van der Waals surface area (Å²) in [6.45, 7) is 3.05. The Kier molecular flexibility index (Phi) is 6.89. The molecule has 1 amide bonds. The van der Waals surface area contributed by atoms with Crippen LogP contribution in [-0.4, -0.2) is 20.3 Å². The minimum atomic E-state index is -0.222. The third-order valence-electron chi connectivity index (χ3n) is 5.72. The molecule has 3 heterocycles. The van der Waals surface area contributed by atoms with Crippen LogP contribution in [0, 0.1) is 6.92 Å². The second-order valence-corrected chi connectivity index (χ2v) is 8.40. The summed E-state index contributed by atoms with van der Waals surface area (Å²) in [6.07, 6.45) is 5.57. The van der Waals surface area contributed by atoms with Crippen molar-refractivity contribution in [1.29, 1.82) is 0 Å². The van der Waals surface area contributed by atoms with E-state index >= 15 is 0 Å². The maximum Gasteiger partial charge on any atom is 0.255 e. The second-order valence-electron chi connectivity index (χ2n) is 8.40. The van der Waals surface area contributed by atoms with E-state index in [2.05, 4.69) is 15.3 Å². The van der Waals surface area contributed by atoms with E-state index in [4.69, 9.17) is 9.47 Å². The van der Waals surface area contributed by atoms with E-state index in [9.17, 15) is 4.79 Å². The van der Waals surface area contributed by atoms with Crippen LogP contribution in [0.25, 0.3) is 5.65 Å². The second kappa shape index (κ2) is 10.7. The lowest BCUT2D eigenvalue weighted by Gasteiger charge is -2.11. The Morgan fingerprint density at radius 1 is 0.917 bits per heavy atom. The predicted octanol–water partition coefficient (Wildman–Crippen LogP) is 5.13.